The average Bonchev–Trinajstić information content (AvgIpc) is 2.29. The third-order valence-corrected chi connectivity index (χ3v) is 3.78. The maximum Gasteiger partial charge on any atom is 0.0543 e. The number of unbranched alkanes of at least 4 members (excludes halogenated alkanes) is 1. The first-order valence-corrected chi connectivity index (χ1v) is 6.43. The third kappa shape index (κ3) is 2.30. The number of hydrogen-bond acceptors (Lipinski definition) is 1. The Kier molecular flexibility index (Phi) is 3.57. The van der Waals surface area contributed by atoms with Crippen molar-refractivity contribution in [3.8, 4) is 0 Å². The van der Waals surface area contributed by atoms with Gasteiger partial charge in [-0.2, -0.15) is 0 Å². The molecule has 0 aliphatic rings. The molecule has 0 unspecified atom stereocenters. The number of aromatic nitrogens is 1. The van der Waals surface area contributed by atoms with Crippen LogP contribution in [0.4, 0.5) is 0 Å². The van der Waals surface area contributed by atoms with Crippen LogP contribution < -0.4 is 0 Å². The number of aryl methyl sites for hydroxylation is 1. The van der Waals surface area contributed by atoms with Crippen LogP contribution in [0.25, 0.3) is 10.8 Å². The molecule has 2 heteroatoms. The fraction of sp³-hybridized carbons (Fsp3) is 0.308. The van der Waals surface area contributed by atoms with Crippen LogP contribution in [0.15, 0.2) is 30.5 Å². The number of benzene rings is 1. The summed E-state index contributed by atoms with van der Waals surface area (Å²) in [5.74, 6) is 0. The van der Waals surface area contributed by atoms with Crippen LogP contribution in [0.2, 0.25) is 0 Å². The number of pyridine rings is 1. The minimum atomic E-state index is 1.10. The second kappa shape index (κ2) is 4.92. The van der Waals surface area contributed by atoms with Crippen LogP contribution in [0, 0.1) is 3.57 Å². The quantitative estimate of drug-likeness (QED) is 0.775. The molecular weight excluding hydrogens is 297 g/mol. The molecule has 0 atom stereocenters. The summed E-state index contributed by atoms with van der Waals surface area (Å²) in [4.78, 5) is 4.54. The smallest absolute Gasteiger partial charge is 0.0543 e. The summed E-state index contributed by atoms with van der Waals surface area (Å²) in [6, 6.07) is 8.45. The van der Waals surface area contributed by atoms with Crippen LogP contribution >= 0.6 is 22.6 Å². The number of fused-ring (bicyclic) bond motifs is 1. The Morgan fingerprint density at radius 1 is 1.27 bits per heavy atom. The lowest BCUT2D eigenvalue weighted by atomic mass is 10.1. The molecule has 0 radical (unpaired) electrons. The maximum atomic E-state index is 4.54. The van der Waals surface area contributed by atoms with E-state index >= 15 is 0 Å². The van der Waals surface area contributed by atoms with Crippen molar-refractivity contribution in [2.24, 2.45) is 0 Å². The lowest BCUT2D eigenvalue weighted by Gasteiger charge is -2.06. The number of nitrogens with zero attached hydrogens (tertiary/aromatic N) is 1. The van der Waals surface area contributed by atoms with Gasteiger partial charge >= 0.3 is 0 Å². The monoisotopic (exact) mass is 311 g/mol. The lowest BCUT2D eigenvalue weighted by Crippen LogP contribution is -1.94. The molecule has 0 saturated carbocycles. The maximum absolute atomic E-state index is 4.54. The van der Waals surface area contributed by atoms with E-state index < -0.39 is 0 Å². The Bertz CT molecular complexity index is 465. The van der Waals surface area contributed by atoms with Crippen molar-refractivity contribution in [3.05, 3.63) is 39.7 Å². The summed E-state index contributed by atoms with van der Waals surface area (Å²) in [5, 5.41) is 2.57. The van der Waals surface area contributed by atoms with E-state index in [9.17, 15) is 0 Å². The molecule has 1 aromatic carbocycles. The third-order valence-electron chi connectivity index (χ3n) is 2.58. The van der Waals surface area contributed by atoms with E-state index in [2.05, 4.69) is 58.8 Å². The molecule has 78 valence electrons. The van der Waals surface area contributed by atoms with Crippen molar-refractivity contribution in [2.45, 2.75) is 26.2 Å². The molecule has 0 fully saturated rings. The summed E-state index contributed by atoms with van der Waals surface area (Å²) < 4.78 is 1.32. The molecule has 0 amide bonds. The molecule has 2 rings (SSSR count). The molecule has 0 saturated heterocycles. The predicted octanol–water partition coefficient (Wildman–Crippen LogP) is 4.18. The van der Waals surface area contributed by atoms with Gasteiger partial charge in [0.25, 0.3) is 0 Å². The Hall–Kier alpha value is -0.640. The van der Waals surface area contributed by atoms with Crippen molar-refractivity contribution in [1.29, 1.82) is 0 Å². The van der Waals surface area contributed by atoms with Crippen LogP contribution in [0.3, 0.4) is 0 Å². The van der Waals surface area contributed by atoms with E-state index in [1.807, 2.05) is 6.20 Å². The van der Waals surface area contributed by atoms with Crippen LogP contribution in [0.1, 0.15) is 25.5 Å². The first-order chi connectivity index (χ1) is 7.33. The Morgan fingerprint density at radius 2 is 2.07 bits per heavy atom. The topological polar surface area (TPSA) is 12.9 Å². The Balaban J connectivity index is 2.45. The first-order valence-electron chi connectivity index (χ1n) is 5.35. The van der Waals surface area contributed by atoms with E-state index in [1.165, 1.54) is 32.9 Å². The number of halogens is 1. The molecule has 0 N–H and O–H groups in total. The predicted molar refractivity (Wildman–Crippen MR) is 73.1 cm³/mol. The second-order valence-electron chi connectivity index (χ2n) is 3.71. The number of rotatable bonds is 3. The van der Waals surface area contributed by atoms with E-state index in [-0.39, 0.29) is 0 Å². The van der Waals surface area contributed by atoms with Crippen LogP contribution in [-0.4, -0.2) is 4.98 Å². The zero-order valence-corrected chi connectivity index (χ0v) is 11.0. The molecule has 2 aromatic rings. The highest BCUT2D eigenvalue weighted by atomic mass is 127. The molecule has 15 heavy (non-hydrogen) atoms. The largest absolute Gasteiger partial charge is 0.260 e. The van der Waals surface area contributed by atoms with Crippen molar-refractivity contribution in [2.75, 3.05) is 0 Å². The zero-order chi connectivity index (χ0) is 10.7. The lowest BCUT2D eigenvalue weighted by molar-refractivity contribution is 0.775. The van der Waals surface area contributed by atoms with Crippen molar-refractivity contribution < 1.29 is 0 Å². The van der Waals surface area contributed by atoms with Crippen LogP contribution in [-0.2, 0) is 6.42 Å². The van der Waals surface area contributed by atoms with Gasteiger partial charge in [-0.05, 0) is 40.8 Å². The average molecular weight is 311 g/mol. The van der Waals surface area contributed by atoms with E-state index in [0.29, 0.717) is 0 Å². The molecule has 1 nitrogen and oxygen atoms in total. The standard InChI is InChI=1S/C13H14IN/c1-2-3-8-12-13(14)11-7-5-4-6-10(11)9-15-12/h4-7,9H,2-3,8H2,1H3. The molecule has 1 heterocycles. The van der Waals surface area contributed by atoms with E-state index in [0.717, 1.165) is 6.42 Å². The normalized spacial score (nSPS) is 10.8. The fourth-order valence-corrected chi connectivity index (χ4v) is 2.59. The van der Waals surface area contributed by atoms with Gasteiger partial charge in [-0.3, -0.25) is 4.98 Å². The van der Waals surface area contributed by atoms with E-state index in [4.69, 9.17) is 0 Å². The highest BCUT2D eigenvalue weighted by molar-refractivity contribution is 14.1. The van der Waals surface area contributed by atoms with Gasteiger partial charge in [0, 0.05) is 15.2 Å². The summed E-state index contributed by atoms with van der Waals surface area (Å²) in [5.41, 5.74) is 1.25. The highest BCUT2D eigenvalue weighted by Crippen LogP contribution is 2.23. The fourth-order valence-electron chi connectivity index (χ4n) is 1.69. The van der Waals surface area contributed by atoms with Crippen LogP contribution in [0.5, 0.6) is 0 Å². The molecule has 1 aromatic heterocycles. The highest BCUT2D eigenvalue weighted by Gasteiger charge is 2.05. The molecule has 0 aliphatic heterocycles. The SMILES string of the molecule is CCCCc1ncc2ccccc2c1I. The minimum Gasteiger partial charge on any atom is -0.260 e. The summed E-state index contributed by atoms with van der Waals surface area (Å²) in [6.45, 7) is 2.22. The van der Waals surface area contributed by atoms with Gasteiger partial charge < -0.3 is 0 Å². The first kappa shape index (κ1) is 10.9. The minimum absolute atomic E-state index is 1.10. The molecule has 0 aliphatic carbocycles. The zero-order valence-electron chi connectivity index (χ0n) is 8.83. The van der Waals surface area contributed by atoms with Gasteiger partial charge in [0.15, 0.2) is 0 Å². The molecule has 0 spiro atoms. The Morgan fingerprint density at radius 3 is 2.87 bits per heavy atom. The van der Waals surface area contributed by atoms with E-state index in [1.54, 1.807) is 0 Å². The van der Waals surface area contributed by atoms with Gasteiger partial charge in [-0.25, -0.2) is 0 Å². The van der Waals surface area contributed by atoms with Crippen molar-refractivity contribution in [1.82, 2.24) is 4.98 Å². The Labute approximate surface area is 104 Å². The van der Waals surface area contributed by atoms with Gasteiger partial charge in [0.2, 0.25) is 0 Å². The van der Waals surface area contributed by atoms with Gasteiger partial charge in [-0.1, -0.05) is 37.6 Å². The molecular formula is C13H14IN. The second-order valence-corrected chi connectivity index (χ2v) is 4.79. The summed E-state index contributed by atoms with van der Waals surface area (Å²) in [6.07, 6.45) is 5.54. The summed E-state index contributed by atoms with van der Waals surface area (Å²) >= 11 is 2.42. The summed E-state index contributed by atoms with van der Waals surface area (Å²) in [7, 11) is 0. The van der Waals surface area contributed by atoms with Crippen molar-refractivity contribution >= 4 is 33.4 Å². The van der Waals surface area contributed by atoms with Gasteiger partial charge in [-0.15, -0.1) is 0 Å². The van der Waals surface area contributed by atoms with Gasteiger partial charge in [0.05, 0.1) is 5.69 Å². The van der Waals surface area contributed by atoms with Crippen molar-refractivity contribution in [3.63, 3.8) is 0 Å². The number of hydrogen-bond donors (Lipinski definition) is 0. The van der Waals surface area contributed by atoms with Gasteiger partial charge in [0.1, 0.15) is 0 Å². The molecule has 0 bridgehead atoms.